The van der Waals surface area contributed by atoms with Crippen LogP contribution >= 0.6 is 0 Å². The molecule has 3 aromatic heterocycles. The first-order valence-corrected chi connectivity index (χ1v) is 10.9. The number of rotatable bonds is 4. The minimum atomic E-state index is 0.369. The van der Waals surface area contributed by atoms with Crippen LogP contribution in [0.4, 0.5) is 5.82 Å². The molecule has 0 aliphatic carbocycles. The lowest BCUT2D eigenvalue weighted by molar-refractivity contribution is 0.163. The van der Waals surface area contributed by atoms with Crippen LogP contribution in [-0.2, 0) is 0 Å². The number of pyridine rings is 2. The van der Waals surface area contributed by atoms with E-state index in [1.807, 2.05) is 18.5 Å². The lowest BCUT2D eigenvalue weighted by atomic mass is 9.79. The molecule has 3 N–H and O–H groups in total. The normalized spacial score (nSPS) is 18.2. The van der Waals surface area contributed by atoms with Gasteiger partial charge in [0, 0.05) is 72.7 Å². The van der Waals surface area contributed by atoms with Gasteiger partial charge in [0.05, 0.1) is 17.3 Å². The van der Waals surface area contributed by atoms with E-state index in [0.29, 0.717) is 11.1 Å². The van der Waals surface area contributed by atoms with Gasteiger partial charge in [-0.3, -0.25) is 4.99 Å². The van der Waals surface area contributed by atoms with Gasteiger partial charge in [0.15, 0.2) is 0 Å². The van der Waals surface area contributed by atoms with Crippen molar-refractivity contribution < 1.29 is 0 Å². The topological polar surface area (TPSA) is 108 Å². The van der Waals surface area contributed by atoms with E-state index in [-0.39, 0.29) is 0 Å². The van der Waals surface area contributed by atoms with E-state index >= 15 is 0 Å². The number of aromatic nitrogens is 3. The summed E-state index contributed by atoms with van der Waals surface area (Å²) < 4.78 is 1.72. The van der Waals surface area contributed by atoms with Gasteiger partial charge in [0.2, 0.25) is 0 Å². The molecular formula is C24H26N8. The number of nitrogens with two attached hydrogens (primary N) is 1. The molecule has 3 aromatic rings. The van der Waals surface area contributed by atoms with Crippen LogP contribution < -0.4 is 16.0 Å². The highest BCUT2D eigenvalue weighted by atomic mass is 15.2. The van der Waals surface area contributed by atoms with Crippen LogP contribution in [0.3, 0.4) is 0 Å². The lowest BCUT2D eigenvalue weighted by Crippen LogP contribution is -2.62. The largest absolute Gasteiger partial charge is 0.404 e. The summed E-state index contributed by atoms with van der Waals surface area (Å²) in [5.41, 5.74) is 10.9. The van der Waals surface area contributed by atoms with E-state index in [4.69, 9.17) is 10.7 Å². The van der Waals surface area contributed by atoms with Gasteiger partial charge in [-0.2, -0.15) is 10.4 Å². The number of piperidine rings is 1. The minimum absolute atomic E-state index is 0.369. The van der Waals surface area contributed by atoms with Gasteiger partial charge in [-0.15, -0.1) is 0 Å². The Balaban J connectivity index is 1.50. The summed E-state index contributed by atoms with van der Waals surface area (Å²) in [4.78, 5) is 11.2. The van der Waals surface area contributed by atoms with Crippen LogP contribution in [0.15, 0.2) is 48.0 Å². The molecular weight excluding hydrogens is 400 g/mol. The molecule has 0 unspecified atom stereocenters. The smallest absolute Gasteiger partial charge is 0.128 e. The van der Waals surface area contributed by atoms with E-state index in [2.05, 4.69) is 38.5 Å². The highest BCUT2D eigenvalue weighted by Crippen LogP contribution is 2.34. The molecule has 162 valence electrons. The Kier molecular flexibility index (Phi) is 5.11. The molecule has 2 saturated heterocycles. The summed E-state index contributed by atoms with van der Waals surface area (Å²) in [7, 11) is 1.71. The number of hydrogen-bond acceptors (Lipinski definition) is 7. The summed E-state index contributed by atoms with van der Waals surface area (Å²) in [5.74, 6) is 0.991. The van der Waals surface area contributed by atoms with E-state index in [9.17, 15) is 5.26 Å². The predicted octanol–water partition coefficient (Wildman–Crippen LogP) is 2.60. The summed E-state index contributed by atoms with van der Waals surface area (Å²) >= 11 is 0. The molecule has 8 heteroatoms. The van der Waals surface area contributed by atoms with Gasteiger partial charge in [0.25, 0.3) is 0 Å². The molecule has 8 nitrogen and oxygen atoms in total. The monoisotopic (exact) mass is 426 g/mol. The van der Waals surface area contributed by atoms with Gasteiger partial charge < -0.3 is 16.0 Å². The molecule has 0 radical (unpaired) electrons. The zero-order valence-corrected chi connectivity index (χ0v) is 18.1. The van der Waals surface area contributed by atoms with Crippen molar-refractivity contribution in [2.75, 3.05) is 31.6 Å². The first-order chi connectivity index (χ1) is 15.7. The number of hydrogen-bond donors (Lipinski definition) is 2. The van der Waals surface area contributed by atoms with Crippen molar-refractivity contribution in [3.8, 4) is 17.2 Å². The fraction of sp³-hybridized carbons (Fsp3) is 0.333. The molecule has 5 heterocycles. The lowest BCUT2D eigenvalue weighted by Gasteiger charge is -2.49. The Labute approximate surface area is 187 Å². The van der Waals surface area contributed by atoms with E-state index in [0.717, 1.165) is 66.1 Å². The van der Waals surface area contributed by atoms with Crippen LogP contribution in [0.1, 0.15) is 30.4 Å². The summed E-state index contributed by atoms with van der Waals surface area (Å²) in [6.07, 6.45) is 12.2. The quantitative estimate of drug-likeness (QED) is 0.621. The number of nitrogens with zero attached hydrogens (tertiary/aromatic N) is 6. The maximum absolute atomic E-state index is 9.60. The van der Waals surface area contributed by atoms with Crippen LogP contribution in [0.25, 0.3) is 22.2 Å². The van der Waals surface area contributed by atoms with Gasteiger partial charge in [0.1, 0.15) is 11.9 Å². The molecule has 0 bridgehead atoms. The molecule has 0 amide bonds. The third-order valence-corrected chi connectivity index (χ3v) is 6.72. The number of aliphatic imine (C=N–C) groups is 1. The number of anilines is 1. The zero-order chi connectivity index (χ0) is 22.1. The molecule has 0 atom stereocenters. The predicted molar refractivity (Wildman–Crippen MR) is 127 cm³/mol. The van der Waals surface area contributed by atoms with E-state index in [1.54, 1.807) is 24.0 Å². The Morgan fingerprint density at radius 1 is 1.28 bits per heavy atom. The van der Waals surface area contributed by atoms with Crippen molar-refractivity contribution in [1.82, 2.24) is 19.9 Å². The van der Waals surface area contributed by atoms with Crippen LogP contribution in [-0.4, -0.2) is 53.0 Å². The zero-order valence-electron chi connectivity index (χ0n) is 18.1. The maximum Gasteiger partial charge on any atom is 0.128 e. The first kappa shape index (κ1) is 20.2. The molecule has 1 spiro atoms. The van der Waals surface area contributed by atoms with Crippen molar-refractivity contribution in [1.29, 1.82) is 5.26 Å². The molecule has 2 aliphatic heterocycles. The molecule has 5 rings (SSSR count). The van der Waals surface area contributed by atoms with Crippen LogP contribution in [0.5, 0.6) is 0 Å². The fourth-order valence-electron chi connectivity index (χ4n) is 4.74. The van der Waals surface area contributed by atoms with Crippen LogP contribution in [0, 0.1) is 11.3 Å². The number of fused-ring (bicyclic) bond motifs is 1. The third-order valence-electron chi connectivity index (χ3n) is 6.72. The summed E-state index contributed by atoms with van der Waals surface area (Å²) in [6.45, 7) is 3.17. The van der Waals surface area contributed by atoms with Crippen LogP contribution in [0.2, 0.25) is 0 Å². The highest BCUT2D eigenvalue weighted by Gasteiger charge is 2.39. The van der Waals surface area contributed by atoms with Gasteiger partial charge in [-0.25, -0.2) is 9.50 Å². The second kappa shape index (κ2) is 8.09. The summed E-state index contributed by atoms with van der Waals surface area (Å²) in [6, 6.07) is 8.40. The summed E-state index contributed by atoms with van der Waals surface area (Å²) in [5, 5.41) is 17.6. The van der Waals surface area contributed by atoms with Crippen molar-refractivity contribution >= 4 is 23.1 Å². The Morgan fingerprint density at radius 3 is 2.69 bits per heavy atom. The van der Waals surface area contributed by atoms with Crippen molar-refractivity contribution in [3.05, 3.63) is 54.1 Å². The Morgan fingerprint density at radius 2 is 2.09 bits per heavy atom. The molecule has 2 fully saturated rings. The molecule has 0 saturated carbocycles. The average molecular weight is 427 g/mol. The Hall–Kier alpha value is -3.70. The van der Waals surface area contributed by atoms with E-state index < -0.39 is 0 Å². The third kappa shape index (κ3) is 3.41. The molecule has 2 aliphatic rings. The van der Waals surface area contributed by atoms with Crippen molar-refractivity contribution in [3.63, 3.8) is 0 Å². The van der Waals surface area contributed by atoms with Gasteiger partial charge in [-0.05, 0) is 44.0 Å². The standard InChI is InChI=1S/C24H26N8/c1-27-13-19(11-25)18-10-21(23-20(12-26)15-30-32(23)16-18)17-2-3-22(28-14-17)31-8-5-24(6-9-31)4-7-29-24/h2-3,10-11,13-16,29H,4-9,25H2,1H3. The van der Waals surface area contributed by atoms with Gasteiger partial charge in [-0.1, -0.05) is 0 Å². The SMILES string of the molecule is CN=CC(=CN)c1cc(-c2ccc(N3CCC4(CCN4)CC3)nc2)c2c(C#N)cnn2c1. The second-order valence-electron chi connectivity index (χ2n) is 8.46. The maximum atomic E-state index is 9.60. The van der Waals surface area contributed by atoms with E-state index in [1.165, 1.54) is 12.6 Å². The van der Waals surface area contributed by atoms with Gasteiger partial charge >= 0.3 is 0 Å². The molecule has 32 heavy (non-hydrogen) atoms. The number of nitrogens with one attached hydrogen (secondary N) is 1. The van der Waals surface area contributed by atoms with Crippen molar-refractivity contribution in [2.45, 2.75) is 24.8 Å². The fourth-order valence-corrected chi connectivity index (χ4v) is 4.74. The van der Waals surface area contributed by atoms with Crippen molar-refractivity contribution in [2.24, 2.45) is 10.7 Å². The molecule has 0 aromatic carbocycles. The Bertz CT molecular complexity index is 1230. The first-order valence-electron chi connectivity index (χ1n) is 10.9. The average Bonchev–Trinajstić information content (AvgIpc) is 3.24. The minimum Gasteiger partial charge on any atom is -0.404 e. The number of nitriles is 1. The second-order valence-corrected chi connectivity index (χ2v) is 8.46. The highest BCUT2D eigenvalue weighted by molar-refractivity contribution is 6.10. The number of allylic oxidation sites excluding steroid dienone is 1.